The number of hydrogen-bond acceptors (Lipinski definition) is 4. The molecule has 2 rings (SSSR count). The van der Waals surface area contributed by atoms with Crippen molar-refractivity contribution in [2.45, 2.75) is 4.90 Å². The van der Waals surface area contributed by atoms with Crippen molar-refractivity contribution in [3.8, 4) is 0 Å². The zero-order valence-electron chi connectivity index (χ0n) is 13.8. The van der Waals surface area contributed by atoms with Gasteiger partial charge in [0.05, 0.1) is 27.8 Å². The van der Waals surface area contributed by atoms with Crippen LogP contribution in [0.1, 0.15) is 5.56 Å². The maximum atomic E-state index is 12.6. The number of nitrogens with one attached hydrogen (secondary N) is 1. The summed E-state index contributed by atoms with van der Waals surface area (Å²) in [6, 6.07) is 8.98. The smallest absolute Gasteiger partial charge is 0.255 e. The quantitative estimate of drug-likeness (QED) is 0.512. The average Bonchev–Trinajstić information content (AvgIpc) is 2.60. The van der Waals surface area contributed by atoms with Crippen LogP contribution in [-0.4, -0.2) is 38.4 Å². The minimum atomic E-state index is -4.01. The molecule has 144 valence electrons. The highest BCUT2D eigenvalue weighted by Gasteiger charge is 2.25. The molecule has 0 aliphatic carbocycles. The Morgan fingerprint density at radius 3 is 2.56 bits per heavy atom. The minimum Gasteiger partial charge on any atom is -0.272 e. The van der Waals surface area contributed by atoms with Crippen molar-refractivity contribution in [1.82, 2.24) is 9.73 Å². The zero-order chi connectivity index (χ0) is 20.2. The maximum Gasteiger partial charge on any atom is 0.255 e. The molecule has 11 heteroatoms. The summed E-state index contributed by atoms with van der Waals surface area (Å²) in [5, 5.41) is 4.58. The van der Waals surface area contributed by atoms with Gasteiger partial charge in [0.15, 0.2) is 0 Å². The predicted molar refractivity (Wildman–Crippen MR) is 108 cm³/mol. The fraction of sp³-hybridized carbons (Fsp3) is 0.125. The van der Waals surface area contributed by atoms with Crippen LogP contribution in [0.5, 0.6) is 0 Å². The topological polar surface area (TPSA) is 78.8 Å². The molecule has 2 aromatic rings. The molecule has 0 spiro atoms. The number of hydrogen-bond donors (Lipinski definition) is 1. The average molecular weight is 469 g/mol. The summed E-state index contributed by atoms with van der Waals surface area (Å²) in [6.45, 7) is -0.480. The predicted octanol–water partition coefficient (Wildman–Crippen LogP) is 4.07. The molecule has 2 aromatic carbocycles. The van der Waals surface area contributed by atoms with Crippen LogP contribution in [0.15, 0.2) is 46.4 Å². The molecule has 0 radical (unpaired) electrons. The fourth-order valence-electron chi connectivity index (χ4n) is 1.96. The Hall–Kier alpha value is -1.35. The van der Waals surface area contributed by atoms with Crippen LogP contribution in [0.4, 0.5) is 0 Å². The van der Waals surface area contributed by atoms with E-state index < -0.39 is 22.5 Å². The lowest BCUT2D eigenvalue weighted by molar-refractivity contribution is -0.121. The van der Waals surface area contributed by atoms with Crippen molar-refractivity contribution in [3.05, 3.63) is 62.1 Å². The van der Waals surface area contributed by atoms with Crippen molar-refractivity contribution in [2.24, 2.45) is 5.10 Å². The lowest BCUT2D eigenvalue weighted by atomic mass is 10.2. The number of sulfonamides is 1. The SMILES string of the molecule is CN(CC(=O)N/N=C\c1cccc(Cl)c1Cl)S(=O)(=O)c1cc(Cl)ccc1Cl. The van der Waals surface area contributed by atoms with Crippen LogP contribution >= 0.6 is 46.4 Å². The molecule has 0 heterocycles. The van der Waals surface area contributed by atoms with E-state index in [9.17, 15) is 13.2 Å². The van der Waals surface area contributed by atoms with Crippen molar-refractivity contribution in [3.63, 3.8) is 0 Å². The maximum absolute atomic E-state index is 12.6. The highest BCUT2D eigenvalue weighted by Crippen LogP contribution is 2.27. The lowest BCUT2D eigenvalue weighted by Crippen LogP contribution is -2.36. The molecule has 0 saturated carbocycles. The molecule has 0 atom stereocenters. The first-order chi connectivity index (χ1) is 12.6. The van der Waals surface area contributed by atoms with Crippen molar-refractivity contribution >= 4 is 68.5 Å². The summed E-state index contributed by atoms with van der Waals surface area (Å²) in [5.74, 6) is -0.659. The van der Waals surface area contributed by atoms with Crippen LogP contribution in [-0.2, 0) is 14.8 Å². The van der Waals surface area contributed by atoms with E-state index in [1.54, 1.807) is 18.2 Å². The molecule has 27 heavy (non-hydrogen) atoms. The van der Waals surface area contributed by atoms with Gasteiger partial charge in [0.2, 0.25) is 10.0 Å². The van der Waals surface area contributed by atoms with E-state index in [0.717, 1.165) is 4.31 Å². The van der Waals surface area contributed by atoms with Crippen LogP contribution in [0.3, 0.4) is 0 Å². The van der Waals surface area contributed by atoms with Crippen molar-refractivity contribution < 1.29 is 13.2 Å². The van der Waals surface area contributed by atoms with E-state index >= 15 is 0 Å². The van der Waals surface area contributed by atoms with Gasteiger partial charge in [0, 0.05) is 17.6 Å². The van der Waals surface area contributed by atoms with E-state index in [1.165, 1.54) is 31.5 Å². The molecule has 0 bridgehead atoms. The second kappa shape index (κ2) is 9.23. The Morgan fingerprint density at radius 1 is 1.15 bits per heavy atom. The van der Waals surface area contributed by atoms with Gasteiger partial charge in [-0.2, -0.15) is 9.41 Å². The summed E-state index contributed by atoms with van der Waals surface area (Å²) in [4.78, 5) is 11.8. The number of nitrogens with zero attached hydrogens (tertiary/aromatic N) is 2. The number of likely N-dealkylation sites (N-methyl/N-ethyl adjacent to an activating group) is 1. The van der Waals surface area contributed by atoms with E-state index in [4.69, 9.17) is 46.4 Å². The van der Waals surface area contributed by atoms with Gasteiger partial charge in [-0.05, 0) is 24.3 Å². The Bertz CT molecular complexity index is 996. The van der Waals surface area contributed by atoms with Crippen LogP contribution in [0.25, 0.3) is 0 Å². The third kappa shape index (κ3) is 5.57. The van der Waals surface area contributed by atoms with Crippen LogP contribution in [0.2, 0.25) is 20.1 Å². The van der Waals surface area contributed by atoms with Gasteiger partial charge in [-0.15, -0.1) is 0 Å². The Kier molecular flexibility index (Phi) is 7.50. The molecule has 0 saturated heterocycles. The molecular weight excluding hydrogens is 456 g/mol. The van der Waals surface area contributed by atoms with Crippen LogP contribution in [0, 0.1) is 0 Å². The number of rotatable bonds is 6. The summed E-state index contributed by atoms with van der Waals surface area (Å²) in [6.07, 6.45) is 1.30. The first-order valence-corrected chi connectivity index (χ1v) is 10.3. The minimum absolute atomic E-state index is 0.000257. The summed E-state index contributed by atoms with van der Waals surface area (Å²) >= 11 is 23.6. The van der Waals surface area contributed by atoms with Crippen LogP contribution < -0.4 is 5.43 Å². The second-order valence-corrected chi connectivity index (χ2v) is 8.91. The first-order valence-electron chi connectivity index (χ1n) is 7.30. The summed E-state index contributed by atoms with van der Waals surface area (Å²) in [5.41, 5.74) is 2.72. The molecule has 0 unspecified atom stereocenters. The molecule has 6 nitrogen and oxygen atoms in total. The third-order valence-corrected chi connectivity index (χ3v) is 6.68. The Balaban J connectivity index is 2.05. The Labute approximate surface area is 176 Å². The highest BCUT2D eigenvalue weighted by molar-refractivity contribution is 7.89. The first kappa shape index (κ1) is 21.9. The van der Waals surface area contributed by atoms with E-state index in [2.05, 4.69) is 10.5 Å². The van der Waals surface area contributed by atoms with Gasteiger partial charge in [-0.3, -0.25) is 4.79 Å². The van der Waals surface area contributed by atoms with Crippen molar-refractivity contribution in [2.75, 3.05) is 13.6 Å². The lowest BCUT2D eigenvalue weighted by Gasteiger charge is -2.17. The third-order valence-electron chi connectivity index (χ3n) is 3.32. The van der Waals surface area contributed by atoms with Gasteiger partial charge in [-0.1, -0.05) is 58.5 Å². The molecule has 0 aliphatic rings. The second-order valence-electron chi connectivity index (χ2n) is 5.27. The van der Waals surface area contributed by atoms with Gasteiger partial charge >= 0.3 is 0 Å². The number of hydrazone groups is 1. The monoisotopic (exact) mass is 467 g/mol. The number of halogens is 4. The largest absolute Gasteiger partial charge is 0.272 e. The van der Waals surface area contributed by atoms with E-state index in [0.29, 0.717) is 10.6 Å². The fourth-order valence-corrected chi connectivity index (χ4v) is 4.18. The molecule has 1 N–H and O–H groups in total. The molecule has 0 aliphatic heterocycles. The van der Waals surface area contributed by atoms with E-state index in [1.807, 2.05) is 0 Å². The highest BCUT2D eigenvalue weighted by atomic mass is 35.5. The van der Waals surface area contributed by atoms with E-state index in [-0.39, 0.29) is 20.0 Å². The number of carbonyl (C=O) groups is 1. The molecular formula is C16H13Cl4N3O3S. The molecule has 0 fully saturated rings. The number of amides is 1. The molecule has 0 aromatic heterocycles. The summed E-state index contributed by atoms with van der Waals surface area (Å²) in [7, 11) is -2.77. The molecule has 1 amide bonds. The van der Waals surface area contributed by atoms with Gasteiger partial charge in [0.25, 0.3) is 5.91 Å². The Morgan fingerprint density at radius 2 is 1.85 bits per heavy atom. The zero-order valence-corrected chi connectivity index (χ0v) is 17.6. The van der Waals surface area contributed by atoms with Crippen molar-refractivity contribution in [1.29, 1.82) is 0 Å². The van der Waals surface area contributed by atoms with Gasteiger partial charge in [0.1, 0.15) is 4.90 Å². The number of carbonyl (C=O) groups excluding carboxylic acids is 1. The number of benzene rings is 2. The normalized spacial score (nSPS) is 11.9. The van der Waals surface area contributed by atoms with Gasteiger partial charge < -0.3 is 0 Å². The van der Waals surface area contributed by atoms with Gasteiger partial charge in [-0.25, -0.2) is 13.8 Å². The standard InChI is InChI=1S/C16H13Cl4N3O3S/c1-23(27(25,26)14-7-11(17)5-6-12(14)18)9-15(24)22-21-8-10-3-2-4-13(19)16(10)20/h2-8H,9H2,1H3,(H,22,24)/b21-8-. The summed E-state index contributed by atoms with van der Waals surface area (Å²) < 4.78 is 25.9.